The van der Waals surface area contributed by atoms with Gasteiger partial charge < -0.3 is 10.5 Å². The topological polar surface area (TPSA) is 72.6 Å². The number of nitrogens with zero attached hydrogens (tertiary/aromatic N) is 1. The maximum atomic E-state index is 12.4. The Balaban J connectivity index is 2.16. The second-order valence-electron chi connectivity index (χ2n) is 4.48. The van der Waals surface area contributed by atoms with E-state index >= 15 is 0 Å². The molecule has 0 aliphatic carbocycles. The van der Waals surface area contributed by atoms with Gasteiger partial charge in [0.05, 0.1) is 11.5 Å². The van der Waals surface area contributed by atoms with Crippen molar-refractivity contribution >= 4 is 15.7 Å². The van der Waals surface area contributed by atoms with Gasteiger partial charge in [0.15, 0.2) is 0 Å². The summed E-state index contributed by atoms with van der Waals surface area (Å²) >= 11 is 0. The van der Waals surface area contributed by atoms with Crippen LogP contribution in [0.25, 0.3) is 0 Å². The molecular formula is C13H18N2O3S. The van der Waals surface area contributed by atoms with E-state index in [1.807, 2.05) is 6.08 Å². The van der Waals surface area contributed by atoms with Crippen LogP contribution in [-0.4, -0.2) is 39.5 Å². The van der Waals surface area contributed by atoms with Gasteiger partial charge in [-0.25, -0.2) is 8.42 Å². The van der Waals surface area contributed by atoms with Gasteiger partial charge in [0, 0.05) is 25.9 Å². The van der Waals surface area contributed by atoms with Gasteiger partial charge in [0.25, 0.3) is 0 Å². The van der Waals surface area contributed by atoms with Gasteiger partial charge >= 0.3 is 0 Å². The Hall–Kier alpha value is -1.37. The lowest BCUT2D eigenvalue weighted by molar-refractivity contribution is 0.219. The summed E-state index contributed by atoms with van der Waals surface area (Å²) in [6.45, 7) is 1.45. The molecule has 0 unspecified atom stereocenters. The highest BCUT2D eigenvalue weighted by Gasteiger charge is 2.25. The number of rotatable bonds is 4. The van der Waals surface area contributed by atoms with Crippen LogP contribution in [-0.2, 0) is 14.8 Å². The first-order valence-corrected chi connectivity index (χ1v) is 7.50. The fraction of sp³-hybridized carbons (Fsp3) is 0.385. The third-order valence-corrected chi connectivity index (χ3v) is 4.99. The Morgan fingerprint density at radius 2 is 2.00 bits per heavy atom. The number of methoxy groups -OCH3 is 1. The first kappa shape index (κ1) is 14.0. The molecule has 0 amide bonds. The standard InChI is InChI=1S/C13H18N2O3S/c1-18-10-11-6-8-15(9-7-11)19(16,17)13-4-2-12(14)3-5-13/h2-6H,7-10,14H2,1H3. The molecule has 1 aromatic rings. The maximum absolute atomic E-state index is 12.4. The summed E-state index contributed by atoms with van der Waals surface area (Å²) in [6.07, 6.45) is 2.63. The molecule has 0 aromatic heterocycles. The third-order valence-electron chi connectivity index (χ3n) is 3.11. The lowest BCUT2D eigenvalue weighted by atomic mass is 10.1. The molecule has 0 saturated heterocycles. The minimum Gasteiger partial charge on any atom is -0.399 e. The maximum Gasteiger partial charge on any atom is 0.243 e. The van der Waals surface area contributed by atoms with E-state index in [4.69, 9.17) is 10.5 Å². The van der Waals surface area contributed by atoms with E-state index in [0.29, 0.717) is 31.8 Å². The zero-order valence-corrected chi connectivity index (χ0v) is 11.7. The van der Waals surface area contributed by atoms with Crippen molar-refractivity contribution in [3.05, 3.63) is 35.9 Å². The van der Waals surface area contributed by atoms with Crippen LogP contribution in [0.3, 0.4) is 0 Å². The van der Waals surface area contributed by atoms with Gasteiger partial charge in [-0.2, -0.15) is 4.31 Å². The highest BCUT2D eigenvalue weighted by molar-refractivity contribution is 7.89. The molecule has 2 N–H and O–H groups in total. The molecular weight excluding hydrogens is 264 g/mol. The van der Waals surface area contributed by atoms with Crippen LogP contribution in [0, 0.1) is 0 Å². The van der Waals surface area contributed by atoms with Gasteiger partial charge in [-0.1, -0.05) is 6.08 Å². The molecule has 0 saturated carbocycles. The van der Waals surface area contributed by atoms with E-state index in [-0.39, 0.29) is 4.90 Å². The first-order valence-electron chi connectivity index (χ1n) is 6.06. The largest absolute Gasteiger partial charge is 0.399 e. The molecule has 1 heterocycles. The summed E-state index contributed by atoms with van der Waals surface area (Å²) in [6, 6.07) is 6.28. The normalized spacial score (nSPS) is 17.2. The number of nitrogen functional groups attached to an aromatic ring is 1. The van der Waals surface area contributed by atoms with Crippen LogP contribution >= 0.6 is 0 Å². The molecule has 2 rings (SSSR count). The zero-order valence-electron chi connectivity index (χ0n) is 10.9. The summed E-state index contributed by atoms with van der Waals surface area (Å²) in [5, 5.41) is 0. The van der Waals surface area contributed by atoms with Crippen molar-refractivity contribution in [2.75, 3.05) is 32.5 Å². The summed E-state index contributed by atoms with van der Waals surface area (Å²) in [7, 11) is -1.79. The molecule has 19 heavy (non-hydrogen) atoms. The minimum absolute atomic E-state index is 0.283. The lowest BCUT2D eigenvalue weighted by Gasteiger charge is -2.25. The number of nitrogens with two attached hydrogens (primary N) is 1. The number of benzene rings is 1. The Kier molecular flexibility index (Phi) is 4.24. The van der Waals surface area contributed by atoms with Crippen LogP contribution < -0.4 is 5.73 Å². The van der Waals surface area contributed by atoms with Crippen LogP contribution in [0.4, 0.5) is 5.69 Å². The monoisotopic (exact) mass is 282 g/mol. The molecule has 1 aliphatic rings. The molecule has 104 valence electrons. The molecule has 6 heteroatoms. The van der Waals surface area contributed by atoms with Crippen LogP contribution in [0.1, 0.15) is 6.42 Å². The van der Waals surface area contributed by atoms with Crippen molar-refractivity contribution in [1.82, 2.24) is 4.31 Å². The SMILES string of the molecule is COCC1=CCN(S(=O)(=O)c2ccc(N)cc2)CC1. The molecule has 0 fully saturated rings. The van der Waals surface area contributed by atoms with Crippen molar-refractivity contribution in [2.45, 2.75) is 11.3 Å². The van der Waals surface area contributed by atoms with Crippen molar-refractivity contribution in [3.8, 4) is 0 Å². The van der Waals surface area contributed by atoms with Crippen molar-refractivity contribution in [3.63, 3.8) is 0 Å². The summed E-state index contributed by atoms with van der Waals surface area (Å²) in [5.74, 6) is 0. The van der Waals surface area contributed by atoms with Gasteiger partial charge in [0.2, 0.25) is 10.0 Å². The Morgan fingerprint density at radius 3 is 2.53 bits per heavy atom. The summed E-state index contributed by atoms with van der Waals surface area (Å²) < 4.78 is 31.3. The number of ether oxygens (including phenoxy) is 1. The predicted molar refractivity (Wildman–Crippen MR) is 74.2 cm³/mol. The van der Waals surface area contributed by atoms with Crippen molar-refractivity contribution in [1.29, 1.82) is 0 Å². The van der Waals surface area contributed by atoms with Gasteiger partial charge in [-0.3, -0.25) is 0 Å². The van der Waals surface area contributed by atoms with Crippen LogP contribution in [0.15, 0.2) is 40.8 Å². The average Bonchev–Trinajstić information content (AvgIpc) is 2.40. The number of anilines is 1. The first-order chi connectivity index (χ1) is 9.04. The minimum atomic E-state index is -3.42. The predicted octanol–water partition coefficient (Wildman–Crippen LogP) is 1.24. The van der Waals surface area contributed by atoms with Gasteiger partial charge in [0.1, 0.15) is 0 Å². The molecule has 5 nitrogen and oxygen atoms in total. The second kappa shape index (κ2) is 5.73. The van der Waals surface area contributed by atoms with E-state index in [1.165, 1.54) is 4.31 Å². The Labute approximate surface area is 113 Å². The summed E-state index contributed by atoms with van der Waals surface area (Å²) in [5.41, 5.74) is 7.27. The van der Waals surface area contributed by atoms with Gasteiger partial charge in [-0.15, -0.1) is 0 Å². The third kappa shape index (κ3) is 3.15. The number of sulfonamides is 1. The Morgan fingerprint density at radius 1 is 1.32 bits per heavy atom. The van der Waals surface area contributed by atoms with Gasteiger partial charge in [-0.05, 0) is 36.3 Å². The van der Waals surface area contributed by atoms with E-state index in [9.17, 15) is 8.42 Å². The van der Waals surface area contributed by atoms with Crippen LogP contribution in [0.5, 0.6) is 0 Å². The quantitative estimate of drug-likeness (QED) is 0.666. The molecule has 0 radical (unpaired) electrons. The molecule has 0 atom stereocenters. The lowest BCUT2D eigenvalue weighted by Crippen LogP contribution is -2.35. The number of hydrogen-bond donors (Lipinski definition) is 1. The smallest absolute Gasteiger partial charge is 0.243 e. The molecule has 0 bridgehead atoms. The fourth-order valence-electron chi connectivity index (χ4n) is 2.02. The fourth-order valence-corrected chi connectivity index (χ4v) is 3.40. The van der Waals surface area contributed by atoms with Crippen molar-refractivity contribution < 1.29 is 13.2 Å². The molecule has 1 aromatic carbocycles. The molecule has 0 spiro atoms. The highest BCUT2D eigenvalue weighted by atomic mass is 32.2. The highest BCUT2D eigenvalue weighted by Crippen LogP contribution is 2.21. The van der Waals surface area contributed by atoms with Crippen molar-refractivity contribution in [2.24, 2.45) is 0 Å². The summed E-state index contributed by atoms with van der Waals surface area (Å²) in [4.78, 5) is 0.283. The average molecular weight is 282 g/mol. The van der Waals surface area contributed by atoms with E-state index in [2.05, 4.69) is 0 Å². The van der Waals surface area contributed by atoms with Crippen LogP contribution in [0.2, 0.25) is 0 Å². The second-order valence-corrected chi connectivity index (χ2v) is 6.42. The zero-order chi connectivity index (χ0) is 13.9. The number of hydrogen-bond acceptors (Lipinski definition) is 4. The van der Waals surface area contributed by atoms with E-state index in [1.54, 1.807) is 31.4 Å². The Bertz CT molecular complexity index is 564. The molecule has 1 aliphatic heterocycles. The van der Waals surface area contributed by atoms with E-state index < -0.39 is 10.0 Å². The van der Waals surface area contributed by atoms with E-state index in [0.717, 1.165) is 5.57 Å².